The number of fused-ring (bicyclic) bond motifs is 1. The third-order valence-corrected chi connectivity index (χ3v) is 5.28. The maximum Gasteiger partial charge on any atom is 0.357 e. The van der Waals surface area contributed by atoms with Crippen molar-refractivity contribution in [2.75, 3.05) is 29.9 Å². The predicted molar refractivity (Wildman–Crippen MR) is 113 cm³/mol. The van der Waals surface area contributed by atoms with E-state index in [9.17, 15) is 9.59 Å². The van der Waals surface area contributed by atoms with Crippen LogP contribution in [-0.4, -0.2) is 54.9 Å². The lowest BCUT2D eigenvalue weighted by molar-refractivity contribution is 0.102. The summed E-state index contributed by atoms with van der Waals surface area (Å²) in [5.41, 5.74) is 7.13. The van der Waals surface area contributed by atoms with Gasteiger partial charge < -0.3 is 16.0 Å². The first-order chi connectivity index (χ1) is 14.6. The smallest absolute Gasteiger partial charge is 0.357 e. The lowest BCUT2D eigenvalue weighted by Gasteiger charge is -2.24. The van der Waals surface area contributed by atoms with Crippen LogP contribution in [0, 0.1) is 0 Å². The van der Waals surface area contributed by atoms with E-state index >= 15 is 0 Å². The fraction of sp³-hybridized carbons (Fsp3) is 0.222. The SMILES string of the molecule is CCN(CCN)c1ccncc1NC(=O)c1nnc(-n2nc3ccccn3c2=O)s1. The van der Waals surface area contributed by atoms with Crippen molar-refractivity contribution in [1.82, 2.24) is 29.4 Å². The Morgan fingerprint density at radius 2 is 2.17 bits per heavy atom. The lowest BCUT2D eigenvalue weighted by Crippen LogP contribution is -2.30. The normalized spacial score (nSPS) is 11.0. The largest absolute Gasteiger partial charge is 0.369 e. The van der Waals surface area contributed by atoms with Gasteiger partial charge in [0.15, 0.2) is 5.65 Å². The molecule has 0 unspecified atom stereocenters. The Hall–Kier alpha value is -3.64. The maximum atomic E-state index is 12.7. The van der Waals surface area contributed by atoms with Crippen LogP contribution in [-0.2, 0) is 0 Å². The molecule has 154 valence electrons. The second kappa shape index (κ2) is 8.39. The first-order valence-corrected chi connectivity index (χ1v) is 10.0. The summed E-state index contributed by atoms with van der Waals surface area (Å²) >= 11 is 0.972. The molecule has 4 heterocycles. The highest BCUT2D eigenvalue weighted by Crippen LogP contribution is 2.25. The van der Waals surface area contributed by atoms with Crippen molar-refractivity contribution in [3.63, 3.8) is 0 Å². The maximum absolute atomic E-state index is 12.7. The Bertz CT molecular complexity index is 1250. The van der Waals surface area contributed by atoms with E-state index in [0.29, 0.717) is 24.4 Å². The van der Waals surface area contributed by atoms with Crippen LogP contribution in [0.3, 0.4) is 0 Å². The van der Waals surface area contributed by atoms with Crippen molar-refractivity contribution in [1.29, 1.82) is 0 Å². The molecule has 0 aliphatic heterocycles. The van der Waals surface area contributed by atoms with Crippen LogP contribution in [0.1, 0.15) is 16.7 Å². The Balaban J connectivity index is 1.60. The lowest BCUT2D eigenvalue weighted by atomic mass is 10.3. The molecular formula is C18H19N9O2S. The molecule has 0 aromatic carbocycles. The fourth-order valence-electron chi connectivity index (χ4n) is 2.98. The zero-order chi connectivity index (χ0) is 21.1. The highest BCUT2D eigenvalue weighted by Gasteiger charge is 2.19. The molecule has 0 fully saturated rings. The van der Waals surface area contributed by atoms with E-state index in [1.54, 1.807) is 36.8 Å². The number of hydrogen-bond donors (Lipinski definition) is 2. The van der Waals surface area contributed by atoms with E-state index in [1.165, 1.54) is 4.40 Å². The number of hydrogen-bond acceptors (Lipinski definition) is 9. The number of nitrogens with two attached hydrogens (primary N) is 1. The average molecular weight is 425 g/mol. The van der Waals surface area contributed by atoms with E-state index in [4.69, 9.17) is 5.73 Å². The van der Waals surface area contributed by atoms with E-state index < -0.39 is 5.91 Å². The summed E-state index contributed by atoms with van der Waals surface area (Å²) in [5.74, 6) is -0.450. The van der Waals surface area contributed by atoms with Gasteiger partial charge in [0, 0.05) is 32.0 Å². The monoisotopic (exact) mass is 425 g/mol. The van der Waals surface area contributed by atoms with Crippen molar-refractivity contribution >= 4 is 34.3 Å². The van der Waals surface area contributed by atoms with E-state index in [0.717, 1.165) is 28.3 Å². The Kier molecular flexibility index (Phi) is 5.50. The molecule has 4 aromatic heterocycles. The topological polar surface area (TPSA) is 136 Å². The molecule has 0 saturated heterocycles. The van der Waals surface area contributed by atoms with Gasteiger partial charge in [-0.2, -0.15) is 0 Å². The minimum atomic E-state index is -0.450. The summed E-state index contributed by atoms with van der Waals surface area (Å²) in [5, 5.41) is 15.2. The fourth-order valence-corrected chi connectivity index (χ4v) is 3.67. The molecule has 0 aliphatic carbocycles. The Morgan fingerprint density at radius 1 is 1.30 bits per heavy atom. The molecule has 0 bridgehead atoms. The standard InChI is InChI=1S/C18H19N9O2S/c1-2-25(10-7-19)13-6-8-20-11-12(13)21-15(28)16-22-23-17(30-16)27-18(29)26-9-4-3-5-14(26)24-27/h3-6,8-9,11H,2,7,10,19H2,1H3,(H,21,28). The molecule has 0 radical (unpaired) electrons. The quantitative estimate of drug-likeness (QED) is 0.443. The van der Waals surface area contributed by atoms with Crippen LogP contribution >= 0.6 is 11.3 Å². The van der Waals surface area contributed by atoms with Crippen LogP contribution < -0.4 is 21.6 Å². The summed E-state index contributed by atoms with van der Waals surface area (Å²) in [7, 11) is 0. The predicted octanol–water partition coefficient (Wildman–Crippen LogP) is 0.769. The molecule has 11 nitrogen and oxygen atoms in total. The van der Waals surface area contributed by atoms with Crippen LogP contribution in [0.2, 0.25) is 0 Å². The molecule has 4 aromatic rings. The van der Waals surface area contributed by atoms with Crippen molar-refractivity contribution in [3.05, 3.63) is 58.3 Å². The van der Waals surface area contributed by atoms with Crippen LogP contribution in [0.25, 0.3) is 10.8 Å². The van der Waals surface area contributed by atoms with E-state index in [2.05, 4.69) is 25.6 Å². The molecule has 1 amide bonds. The van der Waals surface area contributed by atoms with Gasteiger partial charge in [-0.1, -0.05) is 17.4 Å². The summed E-state index contributed by atoms with van der Waals surface area (Å²) < 4.78 is 2.51. The number of likely N-dealkylation sites (N-methyl/N-ethyl adjacent to an activating group) is 1. The van der Waals surface area contributed by atoms with Gasteiger partial charge >= 0.3 is 5.69 Å². The van der Waals surface area contributed by atoms with E-state index in [-0.39, 0.29) is 15.8 Å². The molecule has 0 atom stereocenters. The number of amides is 1. The van der Waals surface area contributed by atoms with Gasteiger partial charge in [0.05, 0.1) is 17.6 Å². The van der Waals surface area contributed by atoms with Gasteiger partial charge in [0.25, 0.3) is 5.91 Å². The molecule has 12 heteroatoms. The molecule has 4 rings (SSSR count). The van der Waals surface area contributed by atoms with Gasteiger partial charge in [-0.15, -0.1) is 20.0 Å². The third kappa shape index (κ3) is 3.65. The third-order valence-electron chi connectivity index (χ3n) is 4.39. The van der Waals surface area contributed by atoms with Crippen LogP contribution in [0.15, 0.2) is 47.7 Å². The number of carbonyl (C=O) groups is 1. The molecular weight excluding hydrogens is 406 g/mol. The second-order valence-electron chi connectivity index (χ2n) is 6.23. The Labute approximate surface area is 174 Å². The number of rotatable bonds is 7. The molecule has 30 heavy (non-hydrogen) atoms. The van der Waals surface area contributed by atoms with Crippen LogP contribution in [0.4, 0.5) is 11.4 Å². The first kappa shape index (κ1) is 19.7. The summed E-state index contributed by atoms with van der Waals surface area (Å²) in [4.78, 5) is 31.4. The second-order valence-corrected chi connectivity index (χ2v) is 7.18. The summed E-state index contributed by atoms with van der Waals surface area (Å²) in [6.45, 7) is 3.86. The first-order valence-electron chi connectivity index (χ1n) is 9.23. The van der Waals surface area contributed by atoms with Crippen molar-refractivity contribution in [2.45, 2.75) is 6.92 Å². The van der Waals surface area contributed by atoms with Gasteiger partial charge in [0.1, 0.15) is 0 Å². The number of carbonyl (C=O) groups excluding carboxylic acids is 1. The Morgan fingerprint density at radius 3 is 2.93 bits per heavy atom. The van der Waals surface area contributed by atoms with Crippen LogP contribution in [0.5, 0.6) is 0 Å². The minimum Gasteiger partial charge on any atom is -0.369 e. The minimum absolute atomic E-state index is 0.102. The van der Waals surface area contributed by atoms with Crippen molar-refractivity contribution < 1.29 is 4.79 Å². The zero-order valence-electron chi connectivity index (χ0n) is 16.1. The highest BCUT2D eigenvalue weighted by molar-refractivity contribution is 7.15. The highest BCUT2D eigenvalue weighted by atomic mass is 32.1. The number of anilines is 2. The average Bonchev–Trinajstić information content (AvgIpc) is 3.38. The van der Waals surface area contributed by atoms with E-state index in [1.807, 2.05) is 17.9 Å². The number of aromatic nitrogens is 6. The number of nitrogens with zero attached hydrogens (tertiary/aromatic N) is 7. The molecule has 0 aliphatic rings. The van der Waals surface area contributed by atoms with Gasteiger partial charge in [-0.05, 0) is 25.1 Å². The summed E-state index contributed by atoms with van der Waals surface area (Å²) in [6.07, 6.45) is 4.84. The van der Waals surface area contributed by atoms with Gasteiger partial charge in [-0.25, -0.2) is 9.20 Å². The van der Waals surface area contributed by atoms with Crippen molar-refractivity contribution in [2.24, 2.45) is 5.73 Å². The van der Waals surface area contributed by atoms with Crippen molar-refractivity contribution in [3.8, 4) is 5.13 Å². The molecule has 0 spiro atoms. The summed E-state index contributed by atoms with van der Waals surface area (Å²) in [6, 6.07) is 7.03. The molecule has 0 saturated carbocycles. The number of nitrogens with one attached hydrogen (secondary N) is 1. The number of pyridine rings is 2. The van der Waals surface area contributed by atoms with Gasteiger partial charge in [-0.3, -0.25) is 9.78 Å². The zero-order valence-corrected chi connectivity index (χ0v) is 16.9. The van der Waals surface area contributed by atoms with Gasteiger partial charge in [0.2, 0.25) is 10.1 Å². The molecule has 3 N–H and O–H groups in total.